The number of carbonyl (C=O) groups excluding carboxylic acids is 2. The largest absolute Gasteiger partial charge is 0.325 e. The average molecular weight is 301 g/mol. The van der Waals surface area contributed by atoms with Crippen LogP contribution in [0.5, 0.6) is 0 Å². The minimum absolute atomic E-state index is 0.109. The zero-order chi connectivity index (χ0) is 15.7. The Labute approximate surface area is 131 Å². The number of urea groups is 1. The van der Waals surface area contributed by atoms with E-state index in [2.05, 4.69) is 22.8 Å². The van der Waals surface area contributed by atoms with Crippen molar-refractivity contribution >= 4 is 11.9 Å². The van der Waals surface area contributed by atoms with Crippen molar-refractivity contribution < 1.29 is 9.59 Å². The summed E-state index contributed by atoms with van der Waals surface area (Å²) >= 11 is 0. The van der Waals surface area contributed by atoms with Crippen LogP contribution < -0.4 is 10.6 Å². The van der Waals surface area contributed by atoms with Gasteiger partial charge in [-0.05, 0) is 38.2 Å². The third-order valence-corrected chi connectivity index (χ3v) is 4.31. The van der Waals surface area contributed by atoms with Crippen molar-refractivity contribution in [3.8, 4) is 0 Å². The minimum atomic E-state index is -0.300. The van der Waals surface area contributed by atoms with Gasteiger partial charge in [-0.1, -0.05) is 30.3 Å². The second-order valence-electron chi connectivity index (χ2n) is 6.46. The molecule has 118 valence electrons. The molecule has 1 aliphatic heterocycles. The first-order valence-electron chi connectivity index (χ1n) is 8.00. The van der Waals surface area contributed by atoms with Crippen molar-refractivity contribution in [3.63, 3.8) is 0 Å². The van der Waals surface area contributed by atoms with Crippen LogP contribution in [0.2, 0.25) is 0 Å². The highest BCUT2D eigenvalue weighted by Crippen LogP contribution is 2.41. The van der Waals surface area contributed by atoms with Gasteiger partial charge >= 0.3 is 6.03 Å². The van der Waals surface area contributed by atoms with Crippen LogP contribution in [0, 0.1) is 5.92 Å². The molecule has 1 saturated carbocycles. The Morgan fingerprint density at radius 2 is 1.86 bits per heavy atom. The number of benzene rings is 1. The molecule has 22 heavy (non-hydrogen) atoms. The summed E-state index contributed by atoms with van der Waals surface area (Å²) in [4.78, 5) is 25.6. The van der Waals surface area contributed by atoms with Crippen LogP contribution in [-0.4, -0.2) is 29.0 Å². The minimum Gasteiger partial charge on any atom is -0.322 e. The quantitative estimate of drug-likeness (QED) is 0.878. The average Bonchev–Trinajstić information content (AvgIpc) is 3.29. The van der Waals surface area contributed by atoms with E-state index in [1.165, 1.54) is 23.3 Å². The van der Waals surface area contributed by atoms with E-state index >= 15 is 0 Å². The fourth-order valence-corrected chi connectivity index (χ4v) is 3.09. The van der Waals surface area contributed by atoms with E-state index in [9.17, 15) is 9.59 Å². The van der Waals surface area contributed by atoms with Gasteiger partial charge in [0.2, 0.25) is 5.91 Å². The van der Waals surface area contributed by atoms with Crippen molar-refractivity contribution in [3.05, 3.63) is 35.9 Å². The Kier molecular flexibility index (Phi) is 4.16. The molecule has 0 bridgehead atoms. The highest BCUT2D eigenvalue weighted by molar-refractivity contribution is 5.97. The standard InChI is InChI=1S/C17H23N3O2/c1-11(2)20-15(21)10-14(19-17(20)22)18-16(13-8-9-13)12-6-4-3-5-7-12/h3-7,11,13-14,16,18H,8-10H2,1-2H3,(H,19,22)/t14?,16-/m1/s1. The summed E-state index contributed by atoms with van der Waals surface area (Å²) in [7, 11) is 0. The van der Waals surface area contributed by atoms with Gasteiger partial charge in [0.05, 0.1) is 12.6 Å². The monoisotopic (exact) mass is 301 g/mol. The van der Waals surface area contributed by atoms with Crippen LogP contribution >= 0.6 is 0 Å². The molecule has 1 heterocycles. The van der Waals surface area contributed by atoms with E-state index in [-0.39, 0.29) is 30.2 Å². The number of imide groups is 1. The first-order chi connectivity index (χ1) is 10.6. The van der Waals surface area contributed by atoms with Crippen molar-refractivity contribution in [1.82, 2.24) is 15.5 Å². The zero-order valence-corrected chi connectivity index (χ0v) is 13.1. The lowest BCUT2D eigenvalue weighted by atomic mass is 10.0. The van der Waals surface area contributed by atoms with Gasteiger partial charge in [0.25, 0.3) is 0 Å². The second kappa shape index (κ2) is 6.08. The molecule has 1 aliphatic carbocycles. The Hall–Kier alpha value is -1.88. The van der Waals surface area contributed by atoms with Gasteiger partial charge in [0.15, 0.2) is 0 Å². The third kappa shape index (κ3) is 3.14. The molecule has 1 aromatic rings. The van der Waals surface area contributed by atoms with Crippen molar-refractivity contribution in [1.29, 1.82) is 0 Å². The zero-order valence-electron chi connectivity index (χ0n) is 13.1. The number of rotatable bonds is 5. The molecule has 0 radical (unpaired) electrons. The first kappa shape index (κ1) is 15.0. The fraction of sp³-hybridized carbons (Fsp3) is 0.529. The molecule has 1 aromatic carbocycles. The summed E-state index contributed by atoms with van der Waals surface area (Å²) < 4.78 is 0. The normalized spacial score (nSPS) is 23.6. The molecule has 2 atom stereocenters. The molecule has 2 N–H and O–H groups in total. The number of nitrogens with zero attached hydrogens (tertiary/aromatic N) is 1. The number of hydrogen-bond donors (Lipinski definition) is 2. The molecule has 5 nitrogen and oxygen atoms in total. The molecular weight excluding hydrogens is 278 g/mol. The van der Waals surface area contributed by atoms with E-state index in [1.54, 1.807) is 0 Å². The predicted octanol–water partition coefficient (Wildman–Crippen LogP) is 2.40. The first-order valence-corrected chi connectivity index (χ1v) is 8.00. The summed E-state index contributed by atoms with van der Waals surface area (Å²) in [5.41, 5.74) is 1.22. The van der Waals surface area contributed by atoms with E-state index < -0.39 is 0 Å². The smallest absolute Gasteiger partial charge is 0.322 e. The van der Waals surface area contributed by atoms with Crippen molar-refractivity contribution in [2.75, 3.05) is 0 Å². The molecule has 1 unspecified atom stereocenters. The molecule has 5 heteroatoms. The summed E-state index contributed by atoms with van der Waals surface area (Å²) in [5, 5.41) is 6.39. The summed E-state index contributed by atoms with van der Waals surface area (Å²) in [6.07, 6.45) is 2.40. The van der Waals surface area contributed by atoms with E-state index in [0.717, 1.165) is 0 Å². The summed E-state index contributed by atoms with van der Waals surface area (Å²) in [5.74, 6) is 0.483. The molecule has 2 aliphatic rings. The fourth-order valence-electron chi connectivity index (χ4n) is 3.09. The third-order valence-electron chi connectivity index (χ3n) is 4.31. The van der Waals surface area contributed by atoms with Gasteiger partial charge < -0.3 is 5.32 Å². The molecule has 3 amide bonds. The Morgan fingerprint density at radius 3 is 2.41 bits per heavy atom. The highest BCUT2D eigenvalue weighted by atomic mass is 16.2. The molecule has 0 spiro atoms. The van der Waals surface area contributed by atoms with Crippen LogP contribution in [0.4, 0.5) is 4.79 Å². The number of carbonyl (C=O) groups is 2. The Morgan fingerprint density at radius 1 is 1.18 bits per heavy atom. The SMILES string of the molecule is CC(C)N1C(=O)CC(N[C@H](c2ccccc2)C2CC2)NC1=O. The summed E-state index contributed by atoms with van der Waals surface area (Å²) in [6.45, 7) is 3.70. The molecule has 3 rings (SSSR count). The van der Waals surface area contributed by atoms with E-state index in [1.807, 2.05) is 32.0 Å². The molecule has 1 saturated heterocycles. The van der Waals surface area contributed by atoms with Crippen LogP contribution in [0.25, 0.3) is 0 Å². The molecule has 2 fully saturated rings. The lowest BCUT2D eigenvalue weighted by Crippen LogP contribution is -2.61. The Bertz CT molecular complexity index is 536. The lowest BCUT2D eigenvalue weighted by molar-refractivity contribution is -0.131. The number of hydrogen-bond acceptors (Lipinski definition) is 3. The number of amides is 3. The molecule has 0 aromatic heterocycles. The Balaban J connectivity index is 1.70. The van der Waals surface area contributed by atoms with Crippen LogP contribution in [0.15, 0.2) is 30.3 Å². The maximum Gasteiger partial charge on any atom is 0.325 e. The molecular formula is C17H23N3O2. The van der Waals surface area contributed by atoms with Crippen LogP contribution in [0.3, 0.4) is 0 Å². The maximum absolute atomic E-state index is 12.2. The summed E-state index contributed by atoms with van der Waals surface area (Å²) in [6, 6.07) is 10.0. The van der Waals surface area contributed by atoms with Crippen molar-refractivity contribution in [2.24, 2.45) is 5.92 Å². The van der Waals surface area contributed by atoms with Crippen molar-refractivity contribution in [2.45, 2.75) is 51.4 Å². The van der Waals surface area contributed by atoms with Gasteiger partial charge in [0.1, 0.15) is 0 Å². The highest BCUT2D eigenvalue weighted by Gasteiger charge is 2.38. The maximum atomic E-state index is 12.2. The number of nitrogens with one attached hydrogen (secondary N) is 2. The van der Waals surface area contributed by atoms with Crippen LogP contribution in [0.1, 0.15) is 44.7 Å². The lowest BCUT2D eigenvalue weighted by Gasteiger charge is -2.36. The van der Waals surface area contributed by atoms with Gasteiger partial charge in [0, 0.05) is 12.1 Å². The van der Waals surface area contributed by atoms with E-state index in [4.69, 9.17) is 0 Å². The van der Waals surface area contributed by atoms with E-state index in [0.29, 0.717) is 12.3 Å². The van der Waals surface area contributed by atoms with Gasteiger partial charge in [-0.15, -0.1) is 0 Å². The second-order valence-corrected chi connectivity index (χ2v) is 6.46. The van der Waals surface area contributed by atoms with Gasteiger partial charge in [-0.25, -0.2) is 4.79 Å². The predicted molar refractivity (Wildman–Crippen MR) is 84.0 cm³/mol. The van der Waals surface area contributed by atoms with Gasteiger partial charge in [-0.3, -0.25) is 15.0 Å². The van der Waals surface area contributed by atoms with Gasteiger partial charge in [-0.2, -0.15) is 0 Å². The van der Waals surface area contributed by atoms with Crippen LogP contribution in [-0.2, 0) is 4.79 Å². The topological polar surface area (TPSA) is 61.4 Å².